The van der Waals surface area contributed by atoms with Crippen LogP contribution in [0.4, 0.5) is 17.1 Å². The summed E-state index contributed by atoms with van der Waals surface area (Å²) < 4.78 is 5.30. The lowest BCUT2D eigenvalue weighted by molar-refractivity contribution is 1.28. The molecule has 0 atom stereocenters. The van der Waals surface area contributed by atoms with Gasteiger partial charge in [-0.05, 0) is 117 Å². The summed E-state index contributed by atoms with van der Waals surface area (Å²) in [4.78, 5) is 2.40. The van der Waals surface area contributed by atoms with Crippen molar-refractivity contribution in [3.8, 4) is 33.4 Å². The molecule has 0 radical (unpaired) electrons. The maximum absolute atomic E-state index is 2.40. The van der Waals surface area contributed by atoms with Gasteiger partial charge in [-0.15, -0.1) is 22.7 Å². The van der Waals surface area contributed by atoms with Crippen molar-refractivity contribution in [3.63, 3.8) is 0 Å². The smallest absolute Gasteiger partial charge is 0.0467 e. The van der Waals surface area contributed by atoms with Gasteiger partial charge in [0.15, 0.2) is 0 Å². The van der Waals surface area contributed by atoms with Gasteiger partial charge in [-0.3, -0.25) is 0 Å². The number of fused-ring (bicyclic) bond motifs is 7. The summed E-state index contributed by atoms with van der Waals surface area (Å²) in [6.45, 7) is 0. The van der Waals surface area contributed by atoms with Gasteiger partial charge in [-0.2, -0.15) is 0 Å². The molecule has 11 aromatic rings. The zero-order chi connectivity index (χ0) is 36.3. The van der Waals surface area contributed by atoms with Crippen molar-refractivity contribution in [1.82, 2.24) is 0 Å². The highest BCUT2D eigenvalue weighted by atomic mass is 32.1. The van der Waals surface area contributed by atoms with Crippen LogP contribution in [-0.2, 0) is 0 Å². The van der Waals surface area contributed by atoms with Gasteiger partial charge in [0.25, 0.3) is 0 Å². The van der Waals surface area contributed by atoms with E-state index in [-0.39, 0.29) is 0 Å². The molecule has 0 aliphatic carbocycles. The molecule has 55 heavy (non-hydrogen) atoms. The molecule has 0 aliphatic heterocycles. The lowest BCUT2D eigenvalue weighted by Crippen LogP contribution is -2.10. The van der Waals surface area contributed by atoms with Gasteiger partial charge in [-0.1, -0.05) is 127 Å². The van der Waals surface area contributed by atoms with Gasteiger partial charge < -0.3 is 4.90 Å². The summed E-state index contributed by atoms with van der Waals surface area (Å²) in [5.41, 5.74) is 10.6. The van der Waals surface area contributed by atoms with Crippen LogP contribution in [0.15, 0.2) is 200 Å². The second-order valence-electron chi connectivity index (χ2n) is 14.1. The van der Waals surface area contributed by atoms with E-state index in [0.717, 1.165) is 17.1 Å². The molecule has 3 heteroatoms. The first-order chi connectivity index (χ1) is 27.2. The molecule has 0 fully saturated rings. The SMILES string of the molecule is c1cc(-c2ccc3sc4ccccc4c3c2)cc(N(c2ccc(-c3ccc4sc5ccccc5c4c3)cc2)c2cccc(-c3cccc4ccccc34)c2)c1. The summed E-state index contributed by atoms with van der Waals surface area (Å²) in [5.74, 6) is 0. The molecule has 0 aliphatic rings. The first kappa shape index (κ1) is 32.0. The Morgan fingerprint density at radius 3 is 1.42 bits per heavy atom. The van der Waals surface area contributed by atoms with E-state index in [1.807, 2.05) is 22.7 Å². The van der Waals surface area contributed by atoms with Crippen LogP contribution < -0.4 is 4.90 Å². The van der Waals surface area contributed by atoms with Gasteiger partial charge in [0.05, 0.1) is 0 Å². The molecule has 2 heterocycles. The van der Waals surface area contributed by atoms with Crippen molar-refractivity contribution >= 4 is 90.9 Å². The van der Waals surface area contributed by atoms with Gasteiger partial charge >= 0.3 is 0 Å². The third-order valence-corrected chi connectivity index (χ3v) is 13.2. The van der Waals surface area contributed by atoms with Crippen LogP contribution in [0.2, 0.25) is 0 Å². The first-order valence-electron chi connectivity index (χ1n) is 18.7. The molecule has 11 rings (SSSR count). The molecule has 0 bridgehead atoms. The topological polar surface area (TPSA) is 3.24 Å². The highest BCUT2D eigenvalue weighted by Crippen LogP contribution is 2.42. The number of hydrogen-bond donors (Lipinski definition) is 0. The van der Waals surface area contributed by atoms with E-state index < -0.39 is 0 Å². The van der Waals surface area contributed by atoms with Crippen molar-refractivity contribution in [2.75, 3.05) is 4.90 Å². The molecule has 0 amide bonds. The fraction of sp³-hybridized carbons (Fsp3) is 0. The predicted molar refractivity (Wildman–Crippen MR) is 241 cm³/mol. The van der Waals surface area contributed by atoms with Crippen molar-refractivity contribution in [2.24, 2.45) is 0 Å². The van der Waals surface area contributed by atoms with Crippen LogP contribution >= 0.6 is 22.7 Å². The highest BCUT2D eigenvalue weighted by Gasteiger charge is 2.17. The normalized spacial score (nSPS) is 11.6. The molecule has 0 saturated carbocycles. The summed E-state index contributed by atoms with van der Waals surface area (Å²) >= 11 is 3.72. The van der Waals surface area contributed by atoms with E-state index in [4.69, 9.17) is 0 Å². The number of anilines is 3. The Morgan fingerprint density at radius 2 is 0.745 bits per heavy atom. The maximum atomic E-state index is 2.40. The number of nitrogens with zero attached hydrogens (tertiary/aromatic N) is 1. The quantitative estimate of drug-likeness (QED) is 0.164. The van der Waals surface area contributed by atoms with Crippen LogP contribution in [0.25, 0.3) is 84.5 Å². The molecule has 0 unspecified atom stereocenters. The van der Waals surface area contributed by atoms with Crippen molar-refractivity contribution in [3.05, 3.63) is 200 Å². The second-order valence-corrected chi connectivity index (χ2v) is 16.3. The second kappa shape index (κ2) is 13.1. The fourth-order valence-electron chi connectivity index (χ4n) is 8.18. The van der Waals surface area contributed by atoms with Crippen LogP contribution in [0, 0.1) is 0 Å². The number of rotatable bonds is 6. The Labute approximate surface area is 327 Å². The van der Waals surface area contributed by atoms with E-state index >= 15 is 0 Å². The zero-order valence-corrected chi connectivity index (χ0v) is 31.4. The van der Waals surface area contributed by atoms with Crippen LogP contribution in [0.1, 0.15) is 0 Å². The maximum Gasteiger partial charge on any atom is 0.0467 e. The summed E-state index contributed by atoms with van der Waals surface area (Å²) in [6.07, 6.45) is 0. The van der Waals surface area contributed by atoms with Crippen molar-refractivity contribution < 1.29 is 0 Å². The van der Waals surface area contributed by atoms with E-state index in [1.165, 1.54) is 84.5 Å². The van der Waals surface area contributed by atoms with Crippen LogP contribution in [-0.4, -0.2) is 0 Å². The Kier molecular flexibility index (Phi) is 7.61. The minimum atomic E-state index is 1.11. The molecule has 258 valence electrons. The molecule has 0 N–H and O–H groups in total. The number of thiophene rings is 2. The monoisotopic (exact) mass is 735 g/mol. The Morgan fingerprint density at radius 1 is 0.273 bits per heavy atom. The van der Waals surface area contributed by atoms with Crippen LogP contribution in [0.5, 0.6) is 0 Å². The summed E-state index contributed by atoms with van der Waals surface area (Å²) in [6, 6.07) is 73.5. The summed E-state index contributed by atoms with van der Waals surface area (Å²) in [5, 5.41) is 7.77. The molecule has 0 saturated heterocycles. The minimum Gasteiger partial charge on any atom is -0.310 e. The molecule has 1 nitrogen and oxygen atoms in total. The Balaban J connectivity index is 1.04. The molecular weight excluding hydrogens is 703 g/mol. The Hall–Kier alpha value is -6.52. The fourth-order valence-corrected chi connectivity index (χ4v) is 10.3. The average Bonchev–Trinajstić information content (AvgIpc) is 3.82. The molecule has 9 aromatic carbocycles. The number of benzene rings is 9. The molecule has 0 spiro atoms. The largest absolute Gasteiger partial charge is 0.310 e. The van der Waals surface area contributed by atoms with Gasteiger partial charge in [0.2, 0.25) is 0 Å². The highest BCUT2D eigenvalue weighted by molar-refractivity contribution is 7.26. The predicted octanol–water partition coefficient (Wildman–Crippen LogP) is 16.0. The van der Waals surface area contributed by atoms with Gasteiger partial charge in [-0.25, -0.2) is 0 Å². The molecule has 2 aromatic heterocycles. The standard InChI is InChI=1S/C52H33NS2/c1-2-16-43-35(10-1)11-9-19-44(43)39-13-8-15-42(31-39)53(40-26-22-34(23-27-40)37-24-28-51-47(32-37)45-17-3-5-20-49(45)54-51)41-14-7-12-36(30-41)38-25-29-52-48(33-38)46-18-4-6-21-50(46)55-52/h1-33H. The lowest BCUT2D eigenvalue weighted by atomic mass is 9.97. The molecular formula is C52H33NS2. The van der Waals surface area contributed by atoms with Gasteiger partial charge in [0.1, 0.15) is 0 Å². The zero-order valence-electron chi connectivity index (χ0n) is 29.8. The van der Waals surface area contributed by atoms with Gasteiger partial charge in [0, 0.05) is 57.4 Å². The third-order valence-electron chi connectivity index (χ3n) is 10.9. The van der Waals surface area contributed by atoms with E-state index in [1.54, 1.807) is 0 Å². The average molecular weight is 736 g/mol. The number of hydrogen-bond acceptors (Lipinski definition) is 3. The Bertz CT molecular complexity index is 3220. The van der Waals surface area contributed by atoms with Crippen molar-refractivity contribution in [2.45, 2.75) is 0 Å². The first-order valence-corrected chi connectivity index (χ1v) is 20.3. The van der Waals surface area contributed by atoms with Crippen LogP contribution in [0.3, 0.4) is 0 Å². The summed E-state index contributed by atoms with van der Waals surface area (Å²) in [7, 11) is 0. The minimum absolute atomic E-state index is 1.11. The lowest BCUT2D eigenvalue weighted by Gasteiger charge is -2.27. The van der Waals surface area contributed by atoms with E-state index in [9.17, 15) is 0 Å². The van der Waals surface area contributed by atoms with Crippen molar-refractivity contribution in [1.29, 1.82) is 0 Å². The van der Waals surface area contributed by atoms with E-state index in [2.05, 4.69) is 205 Å². The third kappa shape index (κ3) is 5.60. The van der Waals surface area contributed by atoms with E-state index in [0.29, 0.717) is 0 Å².